The molecule has 0 heterocycles. The van der Waals surface area contributed by atoms with E-state index in [9.17, 15) is 0 Å². The van der Waals surface area contributed by atoms with E-state index >= 15 is 0 Å². The summed E-state index contributed by atoms with van der Waals surface area (Å²) in [5.74, 6) is 0.150. The van der Waals surface area contributed by atoms with Gasteiger partial charge >= 0.3 is 0 Å². The second-order valence-corrected chi connectivity index (χ2v) is 2.23. The molecule has 0 saturated carbocycles. The van der Waals surface area contributed by atoms with Gasteiger partial charge in [-0.15, -0.1) is 0 Å². The molecule has 1 atom stereocenters. The van der Waals surface area contributed by atoms with Crippen molar-refractivity contribution < 1.29 is 10.2 Å². The number of phenolic OH excluding ortho intramolecular Hbond substituents is 1. The molecule has 0 aromatic heterocycles. The maximum atomic E-state index is 9.12. The van der Waals surface area contributed by atoms with Crippen molar-refractivity contribution in [3.8, 4) is 5.75 Å². The van der Waals surface area contributed by atoms with Crippen LogP contribution >= 0.6 is 0 Å². The van der Waals surface area contributed by atoms with E-state index in [0.29, 0.717) is 5.56 Å². The third kappa shape index (κ3) is 1.28. The van der Waals surface area contributed by atoms with Gasteiger partial charge in [0.25, 0.3) is 0 Å². The summed E-state index contributed by atoms with van der Waals surface area (Å²) in [5, 5.41) is 18.2. The maximum absolute atomic E-state index is 9.12. The van der Waals surface area contributed by atoms with Crippen LogP contribution in [0.2, 0.25) is 0 Å². The highest BCUT2D eigenvalue weighted by Gasteiger charge is 2.03. The number of phenols is 1. The molecular formula is C8H10O2. The van der Waals surface area contributed by atoms with Crippen LogP contribution in [0.15, 0.2) is 24.3 Å². The summed E-state index contributed by atoms with van der Waals surface area (Å²) in [4.78, 5) is 0. The van der Waals surface area contributed by atoms with Gasteiger partial charge in [-0.3, -0.25) is 0 Å². The van der Waals surface area contributed by atoms with E-state index in [0.717, 1.165) is 0 Å². The summed E-state index contributed by atoms with van der Waals surface area (Å²) in [7, 11) is 0. The Morgan fingerprint density at radius 3 is 2.30 bits per heavy atom. The van der Waals surface area contributed by atoms with Crippen LogP contribution in [0.4, 0.5) is 0 Å². The van der Waals surface area contributed by atoms with Gasteiger partial charge in [0.2, 0.25) is 0 Å². The Labute approximate surface area is 59.7 Å². The monoisotopic (exact) mass is 138 g/mol. The van der Waals surface area contributed by atoms with Gasteiger partial charge in [-0.1, -0.05) is 18.2 Å². The highest BCUT2D eigenvalue weighted by Crippen LogP contribution is 2.22. The van der Waals surface area contributed by atoms with E-state index in [1.807, 2.05) is 0 Å². The molecule has 2 nitrogen and oxygen atoms in total. The van der Waals surface area contributed by atoms with Gasteiger partial charge in [0, 0.05) is 5.56 Å². The third-order valence-corrected chi connectivity index (χ3v) is 1.39. The van der Waals surface area contributed by atoms with Crippen molar-refractivity contribution in [1.82, 2.24) is 0 Å². The zero-order chi connectivity index (χ0) is 7.56. The SMILES string of the molecule is C[C@@H](O)c1ccccc1O. The molecule has 2 N–H and O–H groups in total. The van der Waals surface area contributed by atoms with Crippen molar-refractivity contribution >= 4 is 0 Å². The van der Waals surface area contributed by atoms with E-state index in [2.05, 4.69) is 0 Å². The molecule has 0 aliphatic carbocycles. The number of aromatic hydroxyl groups is 1. The fraction of sp³-hybridized carbons (Fsp3) is 0.250. The van der Waals surface area contributed by atoms with Crippen LogP contribution < -0.4 is 0 Å². The van der Waals surface area contributed by atoms with Crippen LogP contribution in [0, 0.1) is 0 Å². The molecule has 0 aliphatic heterocycles. The van der Waals surface area contributed by atoms with E-state index in [-0.39, 0.29) is 5.75 Å². The van der Waals surface area contributed by atoms with Crippen molar-refractivity contribution in [2.75, 3.05) is 0 Å². The third-order valence-electron chi connectivity index (χ3n) is 1.39. The summed E-state index contributed by atoms with van der Waals surface area (Å²) in [6.07, 6.45) is -0.596. The molecule has 10 heavy (non-hydrogen) atoms. The first-order valence-electron chi connectivity index (χ1n) is 3.18. The second kappa shape index (κ2) is 2.71. The van der Waals surface area contributed by atoms with Gasteiger partial charge < -0.3 is 10.2 Å². The maximum Gasteiger partial charge on any atom is 0.121 e. The molecule has 0 aliphatic rings. The van der Waals surface area contributed by atoms with Crippen LogP contribution in [0.25, 0.3) is 0 Å². The summed E-state index contributed by atoms with van der Waals surface area (Å²) in [6.45, 7) is 1.62. The number of para-hydroxylation sites is 1. The topological polar surface area (TPSA) is 40.5 Å². The number of hydrogen-bond acceptors (Lipinski definition) is 2. The number of rotatable bonds is 1. The van der Waals surface area contributed by atoms with Crippen LogP contribution in [-0.2, 0) is 0 Å². The van der Waals surface area contributed by atoms with E-state index in [1.165, 1.54) is 0 Å². The second-order valence-electron chi connectivity index (χ2n) is 2.23. The van der Waals surface area contributed by atoms with Gasteiger partial charge in [0.15, 0.2) is 0 Å². The van der Waals surface area contributed by atoms with Gasteiger partial charge in [-0.05, 0) is 13.0 Å². The molecule has 1 aromatic carbocycles. The first-order chi connectivity index (χ1) is 4.72. The van der Waals surface area contributed by atoms with Crippen LogP contribution in [0.1, 0.15) is 18.6 Å². The smallest absolute Gasteiger partial charge is 0.121 e. The molecule has 0 unspecified atom stereocenters. The van der Waals surface area contributed by atoms with Gasteiger partial charge in [0.1, 0.15) is 5.75 Å². The standard InChI is InChI=1S/C8H10O2/c1-6(9)7-4-2-3-5-8(7)10/h2-6,9-10H,1H3/t6-/m1/s1. The van der Waals surface area contributed by atoms with Crippen LogP contribution in [0.3, 0.4) is 0 Å². The Balaban J connectivity index is 3.03. The molecule has 0 spiro atoms. The lowest BCUT2D eigenvalue weighted by Gasteiger charge is -2.05. The first kappa shape index (κ1) is 7.09. The number of aliphatic hydroxyl groups excluding tert-OH is 1. The van der Waals surface area contributed by atoms with Crippen LogP contribution in [0.5, 0.6) is 5.75 Å². The molecule has 0 fully saturated rings. The molecule has 1 rings (SSSR count). The minimum Gasteiger partial charge on any atom is -0.508 e. The first-order valence-corrected chi connectivity index (χ1v) is 3.18. The Morgan fingerprint density at radius 2 is 1.90 bits per heavy atom. The van der Waals surface area contributed by atoms with Gasteiger partial charge in [0.05, 0.1) is 6.10 Å². The summed E-state index contributed by atoms with van der Waals surface area (Å²) < 4.78 is 0. The predicted molar refractivity (Wildman–Crippen MR) is 38.7 cm³/mol. The summed E-state index contributed by atoms with van der Waals surface area (Å²) in [5.41, 5.74) is 0.572. The quantitative estimate of drug-likeness (QED) is 0.616. The average Bonchev–Trinajstić information content (AvgIpc) is 1.88. The average molecular weight is 138 g/mol. The fourth-order valence-electron chi connectivity index (χ4n) is 0.841. The van der Waals surface area contributed by atoms with Crippen molar-refractivity contribution in [3.05, 3.63) is 29.8 Å². The molecule has 0 bridgehead atoms. The Bertz CT molecular complexity index is 218. The van der Waals surface area contributed by atoms with Gasteiger partial charge in [-0.25, -0.2) is 0 Å². The van der Waals surface area contributed by atoms with Crippen molar-refractivity contribution in [1.29, 1.82) is 0 Å². The van der Waals surface area contributed by atoms with Crippen molar-refractivity contribution in [2.45, 2.75) is 13.0 Å². The number of benzene rings is 1. The molecule has 0 amide bonds. The number of hydrogen-bond donors (Lipinski definition) is 2. The lowest BCUT2D eigenvalue weighted by atomic mass is 10.1. The minimum absolute atomic E-state index is 0.150. The van der Waals surface area contributed by atoms with Gasteiger partial charge in [-0.2, -0.15) is 0 Å². The molecule has 2 heteroatoms. The van der Waals surface area contributed by atoms with Crippen molar-refractivity contribution in [3.63, 3.8) is 0 Å². The Kier molecular flexibility index (Phi) is 1.92. The summed E-state index contributed by atoms with van der Waals surface area (Å²) in [6, 6.07) is 6.76. The minimum atomic E-state index is -0.596. The highest BCUT2D eigenvalue weighted by molar-refractivity contribution is 5.32. The van der Waals surface area contributed by atoms with Crippen LogP contribution in [-0.4, -0.2) is 10.2 Å². The lowest BCUT2D eigenvalue weighted by Crippen LogP contribution is -1.89. The van der Waals surface area contributed by atoms with E-state index < -0.39 is 6.10 Å². The number of aliphatic hydroxyl groups is 1. The Hall–Kier alpha value is -1.02. The largest absolute Gasteiger partial charge is 0.508 e. The lowest BCUT2D eigenvalue weighted by molar-refractivity contribution is 0.195. The Morgan fingerprint density at radius 1 is 1.30 bits per heavy atom. The van der Waals surface area contributed by atoms with Crippen molar-refractivity contribution in [2.24, 2.45) is 0 Å². The molecular weight excluding hydrogens is 128 g/mol. The van der Waals surface area contributed by atoms with E-state index in [4.69, 9.17) is 10.2 Å². The van der Waals surface area contributed by atoms with E-state index in [1.54, 1.807) is 31.2 Å². The molecule has 0 radical (unpaired) electrons. The zero-order valence-corrected chi connectivity index (χ0v) is 5.78. The summed E-state index contributed by atoms with van der Waals surface area (Å²) >= 11 is 0. The zero-order valence-electron chi connectivity index (χ0n) is 5.78. The fourth-order valence-corrected chi connectivity index (χ4v) is 0.841. The molecule has 54 valence electrons. The molecule has 0 saturated heterocycles. The molecule has 1 aromatic rings. The predicted octanol–water partition coefficient (Wildman–Crippen LogP) is 1.45. The highest BCUT2D eigenvalue weighted by atomic mass is 16.3. The normalized spacial score (nSPS) is 13.0.